The maximum atomic E-state index is 5.42. The SMILES string of the molecule is CC(C)C[C@@H](C)NCc1cccnc1N1CCOCC1. The molecule has 0 radical (unpaired) electrons. The summed E-state index contributed by atoms with van der Waals surface area (Å²) in [6.07, 6.45) is 3.08. The van der Waals surface area contributed by atoms with E-state index in [4.69, 9.17) is 4.74 Å². The van der Waals surface area contributed by atoms with Crippen LogP contribution in [0.1, 0.15) is 32.8 Å². The summed E-state index contributed by atoms with van der Waals surface area (Å²) < 4.78 is 5.42. The third-order valence-corrected chi connectivity index (χ3v) is 3.64. The lowest BCUT2D eigenvalue weighted by Gasteiger charge is -2.29. The summed E-state index contributed by atoms with van der Waals surface area (Å²) in [5.41, 5.74) is 1.28. The Morgan fingerprint density at radius 3 is 2.75 bits per heavy atom. The summed E-state index contributed by atoms with van der Waals surface area (Å²) in [5.74, 6) is 1.84. The Labute approximate surface area is 122 Å². The number of anilines is 1. The van der Waals surface area contributed by atoms with Crippen molar-refractivity contribution in [3.63, 3.8) is 0 Å². The van der Waals surface area contributed by atoms with E-state index in [2.05, 4.69) is 42.0 Å². The fourth-order valence-electron chi connectivity index (χ4n) is 2.70. The van der Waals surface area contributed by atoms with Gasteiger partial charge in [-0.25, -0.2) is 4.98 Å². The molecule has 0 bridgehead atoms. The van der Waals surface area contributed by atoms with Crippen molar-refractivity contribution in [3.05, 3.63) is 23.9 Å². The molecule has 0 spiro atoms. The standard InChI is InChI=1S/C16H27N3O/c1-13(2)11-14(3)18-12-15-5-4-6-17-16(15)19-7-9-20-10-8-19/h4-6,13-14,18H,7-12H2,1-3H3/t14-/m1/s1. The fraction of sp³-hybridized carbons (Fsp3) is 0.688. The van der Waals surface area contributed by atoms with E-state index in [9.17, 15) is 0 Å². The zero-order valence-corrected chi connectivity index (χ0v) is 12.9. The summed E-state index contributed by atoms with van der Waals surface area (Å²) in [5, 5.41) is 3.61. The molecule has 0 saturated carbocycles. The molecule has 4 nitrogen and oxygen atoms in total. The van der Waals surface area contributed by atoms with Gasteiger partial charge >= 0.3 is 0 Å². The maximum Gasteiger partial charge on any atom is 0.133 e. The molecule has 1 fully saturated rings. The molecule has 4 heteroatoms. The van der Waals surface area contributed by atoms with Crippen molar-refractivity contribution in [2.75, 3.05) is 31.2 Å². The van der Waals surface area contributed by atoms with Gasteiger partial charge < -0.3 is 15.0 Å². The Bertz CT molecular complexity index is 402. The summed E-state index contributed by atoms with van der Waals surface area (Å²) >= 11 is 0. The second-order valence-corrected chi connectivity index (χ2v) is 6.00. The maximum absolute atomic E-state index is 5.42. The lowest BCUT2D eigenvalue weighted by molar-refractivity contribution is 0.122. The topological polar surface area (TPSA) is 37.4 Å². The monoisotopic (exact) mass is 277 g/mol. The van der Waals surface area contributed by atoms with Gasteiger partial charge in [-0.1, -0.05) is 19.9 Å². The largest absolute Gasteiger partial charge is 0.378 e. The smallest absolute Gasteiger partial charge is 0.133 e. The molecule has 2 heterocycles. The van der Waals surface area contributed by atoms with E-state index in [0.29, 0.717) is 6.04 Å². The zero-order chi connectivity index (χ0) is 14.4. The molecule has 112 valence electrons. The van der Waals surface area contributed by atoms with Crippen LogP contribution in [0.25, 0.3) is 0 Å². The van der Waals surface area contributed by atoms with Crippen molar-refractivity contribution in [1.82, 2.24) is 10.3 Å². The lowest BCUT2D eigenvalue weighted by Crippen LogP contribution is -2.38. The number of pyridine rings is 1. The summed E-state index contributed by atoms with van der Waals surface area (Å²) in [6, 6.07) is 4.73. The molecule has 1 aromatic heterocycles. The van der Waals surface area contributed by atoms with E-state index in [1.807, 2.05) is 12.3 Å². The molecule has 1 N–H and O–H groups in total. The number of aromatic nitrogens is 1. The second-order valence-electron chi connectivity index (χ2n) is 6.00. The highest BCUT2D eigenvalue weighted by molar-refractivity contribution is 5.47. The summed E-state index contributed by atoms with van der Waals surface area (Å²) in [4.78, 5) is 6.90. The number of ether oxygens (including phenoxy) is 1. The first kappa shape index (κ1) is 15.3. The second kappa shape index (κ2) is 7.60. The number of morpholine rings is 1. The minimum Gasteiger partial charge on any atom is -0.378 e. The van der Waals surface area contributed by atoms with Crippen molar-refractivity contribution >= 4 is 5.82 Å². The van der Waals surface area contributed by atoms with Crippen molar-refractivity contribution in [2.45, 2.75) is 39.8 Å². The Balaban J connectivity index is 1.96. The Kier molecular flexibility index (Phi) is 5.80. The molecule has 0 aliphatic carbocycles. The van der Waals surface area contributed by atoms with Gasteiger partial charge in [0.05, 0.1) is 13.2 Å². The Morgan fingerprint density at radius 2 is 2.05 bits per heavy atom. The van der Waals surface area contributed by atoms with Gasteiger partial charge in [-0.05, 0) is 25.3 Å². The third kappa shape index (κ3) is 4.46. The van der Waals surface area contributed by atoms with Gasteiger partial charge in [0.1, 0.15) is 5.82 Å². The summed E-state index contributed by atoms with van der Waals surface area (Å²) in [7, 11) is 0. The van der Waals surface area contributed by atoms with Gasteiger partial charge in [0, 0.05) is 37.4 Å². The Morgan fingerprint density at radius 1 is 1.30 bits per heavy atom. The van der Waals surface area contributed by atoms with Crippen LogP contribution in [0.5, 0.6) is 0 Å². The van der Waals surface area contributed by atoms with E-state index in [1.54, 1.807) is 0 Å². The lowest BCUT2D eigenvalue weighted by atomic mass is 10.1. The van der Waals surface area contributed by atoms with E-state index in [0.717, 1.165) is 44.6 Å². The highest BCUT2D eigenvalue weighted by atomic mass is 16.5. The van der Waals surface area contributed by atoms with Crippen LogP contribution in [0.4, 0.5) is 5.82 Å². The zero-order valence-electron chi connectivity index (χ0n) is 12.9. The minimum atomic E-state index is 0.535. The van der Waals surface area contributed by atoms with Gasteiger partial charge in [0.2, 0.25) is 0 Å². The normalized spacial score (nSPS) is 17.5. The van der Waals surface area contributed by atoms with Gasteiger partial charge in [-0.2, -0.15) is 0 Å². The molecule has 1 aromatic rings. The molecule has 1 atom stereocenters. The number of nitrogens with one attached hydrogen (secondary N) is 1. The molecule has 1 aliphatic rings. The van der Waals surface area contributed by atoms with Crippen LogP contribution in [-0.2, 0) is 11.3 Å². The van der Waals surface area contributed by atoms with Crippen LogP contribution in [0.2, 0.25) is 0 Å². The number of hydrogen-bond acceptors (Lipinski definition) is 4. The van der Waals surface area contributed by atoms with Crippen molar-refractivity contribution in [3.8, 4) is 0 Å². The van der Waals surface area contributed by atoms with E-state index < -0.39 is 0 Å². The average molecular weight is 277 g/mol. The number of hydrogen-bond donors (Lipinski definition) is 1. The van der Waals surface area contributed by atoms with Crippen LogP contribution >= 0.6 is 0 Å². The molecule has 2 rings (SSSR count). The van der Waals surface area contributed by atoms with E-state index >= 15 is 0 Å². The quantitative estimate of drug-likeness (QED) is 0.866. The number of nitrogens with zero attached hydrogens (tertiary/aromatic N) is 2. The van der Waals surface area contributed by atoms with Crippen molar-refractivity contribution < 1.29 is 4.74 Å². The summed E-state index contributed by atoms with van der Waals surface area (Å²) in [6.45, 7) is 11.1. The molecule has 20 heavy (non-hydrogen) atoms. The van der Waals surface area contributed by atoms with Crippen LogP contribution in [0, 0.1) is 5.92 Å². The molecule has 0 amide bonds. The average Bonchev–Trinajstić information content (AvgIpc) is 2.46. The first-order valence-electron chi connectivity index (χ1n) is 7.66. The Hall–Kier alpha value is -1.13. The fourth-order valence-corrected chi connectivity index (χ4v) is 2.70. The first-order chi connectivity index (χ1) is 9.66. The van der Waals surface area contributed by atoms with Crippen LogP contribution in [0.15, 0.2) is 18.3 Å². The van der Waals surface area contributed by atoms with E-state index in [-0.39, 0.29) is 0 Å². The van der Waals surface area contributed by atoms with Gasteiger partial charge in [-0.15, -0.1) is 0 Å². The van der Waals surface area contributed by atoms with Gasteiger partial charge in [0.25, 0.3) is 0 Å². The molecule has 1 saturated heterocycles. The molecule has 0 aromatic carbocycles. The highest BCUT2D eigenvalue weighted by Gasteiger charge is 2.16. The van der Waals surface area contributed by atoms with Crippen LogP contribution < -0.4 is 10.2 Å². The first-order valence-corrected chi connectivity index (χ1v) is 7.66. The number of rotatable bonds is 6. The third-order valence-electron chi connectivity index (χ3n) is 3.64. The molecule has 0 unspecified atom stereocenters. The minimum absolute atomic E-state index is 0.535. The predicted molar refractivity (Wildman–Crippen MR) is 83.0 cm³/mol. The van der Waals surface area contributed by atoms with E-state index in [1.165, 1.54) is 12.0 Å². The molecular formula is C16H27N3O. The van der Waals surface area contributed by atoms with Crippen LogP contribution in [-0.4, -0.2) is 37.3 Å². The highest BCUT2D eigenvalue weighted by Crippen LogP contribution is 2.18. The van der Waals surface area contributed by atoms with Gasteiger partial charge in [-0.3, -0.25) is 0 Å². The van der Waals surface area contributed by atoms with Crippen LogP contribution in [0.3, 0.4) is 0 Å². The van der Waals surface area contributed by atoms with Crippen molar-refractivity contribution in [2.24, 2.45) is 5.92 Å². The molecule has 1 aliphatic heterocycles. The molecular weight excluding hydrogens is 250 g/mol. The predicted octanol–water partition coefficient (Wildman–Crippen LogP) is 2.44. The van der Waals surface area contributed by atoms with Crippen molar-refractivity contribution in [1.29, 1.82) is 0 Å². The van der Waals surface area contributed by atoms with Gasteiger partial charge in [0.15, 0.2) is 0 Å².